The molecule has 0 aliphatic rings. The standard InChI is InChI=1S/C22H20F6N4O3S2/c1-2-3-14-12-15(21(23,24)25)6-9-17(14)18(33)29-11-10-13-4-7-16(8-5-13)37(34,35)32-20-31-30-19(36-20)22(26,27)28/h4-9,12H,2-3,10-11H2,1H3,(H,29,33)(H,31,32). The molecule has 0 spiro atoms. The maximum absolute atomic E-state index is 13.0. The summed E-state index contributed by atoms with van der Waals surface area (Å²) in [6.07, 6.45) is -8.13. The number of sulfonamides is 1. The Balaban J connectivity index is 1.61. The Morgan fingerprint density at radius 3 is 2.19 bits per heavy atom. The Labute approximate surface area is 212 Å². The van der Waals surface area contributed by atoms with Crippen LogP contribution in [-0.4, -0.2) is 31.1 Å². The van der Waals surface area contributed by atoms with E-state index in [1.54, 1.807) is 6.92 Å². The number of benzene rings is 2. The number of halogens is 6. The van der Waals surface area contributed by atoms with Gasteiger partial charge in [0.2, 0.25) is 10.1 Å². The molecule has 3 aromatic rings. The molecule has 15 heteroatoms. The van der Waals surface area contributed by atoms with Gasteiger partial charge in [0.25, 0.3) is 15.9 Å². The van der Waals surface area contributed by atoms with Crippen LogP contribution in [0.5, 0.6) is 0 Å². The third-order valence-electron chi connectivity index (χ3n) is 5.02. The number of carbonyl (C=O) groups is 1. The number of amides is 1. The van der Waals surface area contributed by atoms with Crippen LogP contribution in [0.25, 0.3) is 0 Å². The first-order valence-corrected chi connectivity index (χ1v) is 13.0. The third kappa shape index (κ3) is 7.41. The van der Waals surface area contributed by atoms with Gasteiger partial charge in [0.05, 0.1) is 10.5 Å². The van der Waals surface area contributed by atoms with Crippen LogP contribution in [0.1, 0.15) is 45.4 Å². The molecule has 200 valence electrons. The van der Waals surface area contributed by atoms with Crippen molar-refractivity contribution >= 4 is 32.4 Å². The average Bonchev–Trinajstić information content (AvgIpc) is 3.27. The lowest BCUT2D eigenvalue weighted by Crippen LogP contribution is -2.27. The first-order chi connectivity index (χ1) is 17.2. The lowest BCUT2D eigenvalue weighted by Gasteiger charge is -2.13. The molecule has 0 unspecified atom stereocenters. The smallest absolute Gasteiger partial charge is 0.352 e. The van der Waals surface area contributed by atoms with E-state index in [4.69, 9.17) is 0 Å². The van der Waals surface area contributed by atoms with Gasteiger partial charge in [-0.15, -0.1) is 10.2 Å². The lowest BCUT2D eigenvalue weighted by atomic mass is 9.99. The van der Waals surface area contributed by atoms with Crippen molar-refractivity contribution in [1.29, 1.82) is 0 Å². The minimum absolute atomic E-state index is 0.0489. The van der Waals surface area contributed by atoms with Gasteiger partial charge in [0.1, 0.15) is 0 Å². The van der Waals surface area contributed by atoms with Crippen molar-refractivity contribution in [3.8, 4) is 0 Å². The Morgan fingerprint density at radius 2 is 1.62 bits per heavy atom. The van der Waals surface area contributed by atoms with Crippen LogP contribution in [-0.2, 0) is 35.2 Å². The number of rotatable bonds is 9. The van der Waals surface area contributed by atoms with E-state index in [2.05, 4.69) is 15.5 Å². The molecule has 3 rings (SSSR count). The number of aryl methyl sites for hydroxylation is 1. The second-order valence-corrected chi connectivity index (χ2v) is 10.4. The van der Waals surface area contributed by atoms with E-state index in [-0.39, 0.29) is 40.3 Å². The van der Waals surface area contributed by atoms with E-state index < -0.39 is 44.0 Å². The van der Waals surface area contributed by atoms with Crippen molar-refractivity contribution < 1.29 is 39.6 Å². The fraction of sp³-hybridized carbons (Fsp3) is 0.318. The maximum Gasteiger partial charge on any atom is 0.445 e. The summed E-state index contributed by atoms with van der Waals surface area (Å²) >= 11 is 0.0489. The fourth-order valence-electron chi connectivity index (χ4n) is 3.27. The highest BCUT2D eigenvalue weighted by Gasteiger charge is 2.36. The van der Waals surface area contributed by atoms with Crippen LogP contribution in [0.3, 0.4) is 0 Å². The zero-order chi connectivity index (χ0) is 27.4. The fourth-order valence-corrected chi connectivity index (χ4v) is 5.11. The number of anilines is 1. The molecule has 7 nitrogen and oxygen atoms in total. The number of nitrogens with zero attached hydrogens (tertiary/aromatic N) is 2. The van der Waals surface area contributed by atoms with Crippen molar-refractivity contribution in [2.75, 3.05) is 11.3 Å². The number of hydrogen-bond acceptors (Lipinski definition) is 6. The van der Waals surface area contributed by atoms with E-state index in [0.29, 0.717) is 18.4 Å². The van der Waals surface area contributed by atoms with Crippen molar-refractivity contribution in [1.82, 2.24) is 15.5 Å². The number of hydrogen-bond donors (Lipinski definition) is 2. The highest BCUT2D eigenvalue weighted by atomic mass is 32.2. The summed E-state index contributed by atoms with van der Waals surface area (Å²) < 4.78 is 104. The number of carbonyl (C=O) groups excluding carboxylic acids is 1. The summed E-state index contributed by atoms with van der Waals surface area (Å²) in [6.45, 7) is 1.91. The topological polar surface area (TPSA) is 101 Å². The minimum atomic E-state index is -4.75. The van der Waals surface area contributed by atoms with Gasteiger partial charge in [-0.1, -0.05) is 36.8 Å². The van der Waals surface area contributed by atoms with Gasteiger partial charge in [-0.25, -0.2) is 8.42 Å². The Hall–Kier alpha value is -3.20. The van der Waals surface area contributed by atoms with Gasteiger partial charge in [0, 0.05) is 12.1 Å². The molecular formula is C22H20F6N4O3S2. The molecule has 0 saturated heterocycles. The lowest BCUT2D eigenvalue weighted by molar-refractivity contribution is -0.138. The first kappa shape index (κ1) is 28.4. The Morgan fingerprint density at radius 1 is 0.946 bits per heavy atom. The summed E-state index contributed by atoms with van der Waals surface area (Å²) in [4.78, 5) is 12.3. The predicted octanol–water partition coefficient (Wildman–Crippen LogP) is 5.30. The average molecular weight is 567 g/mol. The molecule has 37 heavy (non-hydrogen) atoms. The summed E-state index contributed by atoms with van der Waals surface area (Å²) in [7, 11) is -4.22. The molecule has 1 aromatic heterocycles. The molecule has 0 saturated carbocycles. The SMILES string of the molecule is CCCc1cc(C(F)(F)F)ccc1C(=O)NCCc1ccc(S(=O)(=O)Nc2nnc(C(F)(F)F)s2)cc1. The number of aromatic nitrogens is 2. The van der Waals surface area contributed by atoms with Gasteiger partial charge in [-0.2, -0.15) is 26.3 Å². The zero-order valence-corrected chi connectivity index (χ0v) is 20.7. The molecule has 0 bridgehead atoms. The number of alkyl halides is 6. The van der Waals surface area contributed by atoms with Crippen LogP contribution in [0, 0.1) is 0 Å². The van der Waals surface area contributed by atoms with Gasteiger partial charge < -0.3 is 5.32 Å². The molecule has 0 fully saturated rings. The van der Waals surface area contributed by atoms with Crippen LogP contribution in [0.4, 0.5) is 31.5 Å². The van der Waals surface area contributed by atoms with Gasteiger partial charge in [-0.3, -0.25) is 9.52 Å². The van der Waals surface area contributed by atoms with E-state index in [1.165, 1.54) is 24.3 Å². The van der Waals surface area contributed by atoms with Crippen molar-refractivity contribution in [2.24, 2.45) is 0 Å². The van der Waals surface area contributed by atoms with Crippen molar-refractivity contribution in [3.05, 3.63) is 69.7 Å². The highest BCUT2D eigenvalue weighted by Crippen LogP contribution is 2.34. The molecule has 0 atom stereocenters. The van der Waals surface area contributed by atoms with Crippen molar-refractivity contribution in [3.63, 3.8) is 0 Å². The third-order valence-corrected chi connectivity index (χ3v) is 7.39. The van der Waals surface area contributed by atoms with Gasteiger partial charge >= 0.3 is 12.4 Å². The molecule has 0 aliphatic carbocycles. The van der Waals surface area contributed by atoms with Crippen LogP contribution >= 0.6 is 11.3 Å². The van der Waals surface area contributed by atoms with Gasteiger partial charge in [-0.05, 0) is 54.3 Å². The predicted molar refractivity (Wildman–Crippen MR) is 124 cm³/mol. The minimum Gasteiger partial charge on any atom is -0.352 e. The Bertz CT molecular complexity index is 1350. The van der Waals surface area contributed by atoms with Gasteiger partial charge in [0.15, 0.2) is 0 Å². The summed E-state index contributed by atoms with van der Waals surface area (Å²) in [5.41, 5.74) is 0.238. The van der Waals surface area contributed by atoms with E-state index in [0.717, 1.165) is 18.2 Å². The molecule has 0 aliphatic heterocycles. The maximum atomic E-state index is 13.0. The monoisotopic (exact) mass is 566 g/mol. The Kier molecular flexibility index (Phi) is 8.47. The normalized spacial score (nSPS) is 12.4. The molecule has 1 heterocycles. The second kappa shape index (κ2) is 11.0. The van der Waals surface area contributed by atoms with Crippen LogP contribution < -0.4 is 10.0 Å². The summed E-state index contributed by atoms with van der Waals surface area (Å²) in [6, 6.07) is 8.36. The zero-order valence-electron chi connectivity index (χ0n) is 19.1. The van der Waals surface area contributed by atoms with E-state index >= 15 is 0 Å². The summed E-state index contributed by atoms with van der Waals surface area (Å²) in [5.74, 6) is -0.532. The summed E-state index contributed by atoms with van der Waals surface area (Å²) in [5, 5.41) is 6.91. The van der Waals surface area contributed by atoms with Crippen molar-refractivity contribution in [2.45, 2.75) is 43.4 Å². The van der Waals surface area contributed by atoms with Crippen LogP contribution in [0.15, 0.2) is 47.4 Å². The molecule has 0 radical (unpaired) electrons. The number of nitrogens with one attached hydrogen (secondary N) is 2. The van der Waals surface area contributed by atoms with E-state index in [1.807, 2.05) is 4.72 Å². The molecule has 2 aromatic carbocycles. The quantitative estimate of drug-likeness (QED) is 0.343. The second-order valence-electron chi connectivity index (χ2n) is 7.79. The highest BCUT2D eigenvalue weighted by molar-refractivity contribution is 7.93. The molecular weight excluding hydrogens is 546 g/mol. The van der Waals surface area contributed by atoms with Crippen LogP contribution in [0.2, 0.25) is 0 Å². The first-order valence-electron chi connectivity index (χ1n) is 10.7. The van der Waals surface area contributed by atoms with E-state index in [9.17, 15) is 39.6 Å². The molecule has 2 N–H and O–H groups in total. The molecule has 1 amide bonds. The largest absolute Gasteiger partial charge is 0.445 e.